The number of ether oxygens (including phenoxy) is 1. The summed E-state index contributed by atoms with van der Waals surface area (Å²) in [6, 6.07) is 105. The standard InChI is InChI=1S/C75H53B2N5O/c1-7-26-51(27-8-1)59-38-19-22-42-65(59)82-69-48-57(79(52-28-9-2-10-29-52)53-30-11-3-12-31-53)47-68-72(69)76(61-40-20-23-43-66(61)81(68)56-36-17-6-18-37-56)64-50-63-74-60(75(64)82)39-25-45-78(74)67-46-58(49-71-73(67)77(63)62-41-21-24-44-70(62)83-71)80(54-32-13-4-14-33-54)55-34-15-5-16-35-55/h1-24,26-38,40-44,46-50H,25,39,45H2. The van der Waals surface area contributed by atoms with E-state index >= 15 is 0 Å². The Morgan fingerprint density at radius 3 is 1.46 bits per heavy atom. The fourth-order valence-corrected chi connectivity index (χ4v) is 14.4. The average Bonchev–Trinajstić information content (AvgIpc) is 0.818. The first-order chi connectivity index (χ1) is 41.2. The largest absolute Gasteiger partial charge is 0.458 e. The quantitative estimate of drug-likeness (QED) is 0.134. The summed E-state index contributed by atoms with van der Waals surface area (Å²) in [6.07, 6.45) is 1.88. The Balaban J connectivity index is 0.995. The van der Waals surface area contributed by atoms with Crippen molar-refractivity contribution < 1.29 is 4.74 Å². The zero-order valence-electron chi connectivity index (χ0n) is 45.6. The van der Waals surface area contributed by atoms with Crippen LogP contribution in [0.1, 0.15) is 12.0 Å². The van der Waals surface area contributed by atoms with Gasteiger partial charge >= 0.3 is 0 Å². The second-order valence-electron chi connectivity index (χ2n) is 22.2. The number of hydrogen-bond acceptors (Lipinski definition) is 6. The molecule has 0 unspecified atom stereocenters. The van der Waals surface area contributed by atoms with Gasteiger partial charge in [-0.1, -0.05) is 182 Å². The van der Waals surface area contributed by atoms with Crippen LogP contribution in [0, 0.1) is 0 Å². The molecule has 0 aromatic heterocycles. The monoisotopic (exact) mass is 1060 g/mol. The molecular weight excluding hydrogens is 1010 g/mol. The van der Waals surface area contributed by atoms with Crippen LogP contribution in [0.4, 0.5) is 79.6 Å². The fraction of sp³-hybridized carbons (Fsp3) is 0.0400. The normalized spacial score (nSPS) is 13.6. The van der Waals surface area contributed by atoms with Crippen LogP contribution in [-0.2, 0) is 6.42 Å². The predicted molar refractivity (Wildman–Crippen MR) is 348 cm³/mol. The van der Waals surface area contributed by atoms with Crippen molar-refractivity contribution in [1.82, 2.24) is 0 Å². The Bertz CT molecular complexity index is 4410. The predicted octanol–water partition coefficient (Wildman–Crippen LogP) is 15.4. The van der Waals surface area contributed by atoms with Gasteiger partial charge in [0.2, 0.25) is 0 Å². The summed E-state index contributed by atoms with van der Waals surface area (Å²) >= 11 is 0. The number of benzene rings is 12. The second-order valence-corrected chi connectivity index (χ2v) is 22.2. The van der Waals surface area contributed by atoms with E-state index < -0.39 is 0 Å². The SMILES string of the molecule is c1ccc(-c2ccccc2N2c3cc(N(c4ccccc4)c4ccccc4)cc4c3B(c3ccccc3N4c3ccccc3)c3cc4c5c(c32)CCCN5c2cc(N(c3ccccc3)c3ccccc3)cc3c2B4c2ccccc2O3)cc1. The molecule has 12 aromatic carbocycles. The maximum atomic E-state index is 7.22. The average molecular weight is 1060 g/mol. The van der Waals surface area contributed by atoms with E-state index in [1.54, 1.807) is 0 Å². The van der Waals surface area contributed by atoms with Gasteiger partial charge in [0.15, 0.2) is 0 Å². The van der Waals surface area contributed by atoms with Crippen molar-refractivity contribution >= 4 is 126 Å². The molecule has 0 saturated heterocycles. The smallest absolute Gasteiger partial charge is 0.256 e. The molecule has 12 aromatic rings. The molecule has 0 amide bonds. The van der Waals surface area contributed by atoms with Gasteiger partial charge in [-0.2, -0.15) is 0 Å². The highest BCUT2D eigenvalue weighted by molar-refractivity contribution is 7.02. The topological polar surface area (TPSA) is 25.4 Å². The van der Waals surface area contributed by atoms with Crippen LogP contribution < -0.4 is 62.0 Å². The highest BCUT2D eigenvalue weighted by Gasteiger charge is 2.50. The molecule has 17 rings (SSSR count). The summed E-state index contributed by atoms with van der Waals surface area (Å²) in [5, 5.41) is 0. The molecule has 5 heterocycles. The van der Waals surface area contributed by atoms with Crippen LogP contribution in [0.3, 0.4) is 0 Å². The molecule has 0 N–H and O–H groups in total. The summed E-state index contributed by atoms with van der Waals surface area (Å²) < 4.78 is 7.22. The molecule has 6 nitrogen and oxygen atoms in total. The van der Waals surface area contributed by atoms with Crippen molar-refractivity contribution in [2.24, 2.45) is 0 Å². The molecule has 390 valence electrons. The highest BCUT2D eigenvalue weighted by atomic mass is 16.5. The minimum absolute atomic E-state index is 0.0902. The zero-order chi connectivity index (χ0) is 54.5. The lowest BCUT2D eigenvalue weighted by Gasteiger charge is -2.49. The first kappa shape index (κ1) is 47.4. The molecule has 0 aliphatic carbocycles. The van der Waals surface area contributed by atoms with Crippen LogP contribution in [0.5, 0.6) is 11.5 Å². The third kappa shape index (κ3) is 7.39. The van der Waals surface area contributed by atoms with Crippen molar-refractivity contribution in [3.63, 3.8) is 0 Å². The van der Waals surface area contributed by atoms with E-state index in [9.17, 15) is 0 Å². The van der Waals surface area contributed by atoms with Gasteiger partial charge in [0.1, 0.15) is 11.5 Å². The third-order valence-corrected chi connectivity index (χ3v) is 17.7. The van der Waals surface area contributed by atoms with Gasteiger partial charge in [-0.15, -0.1) is 0 Å². The number of hydrogen-bond donors (Lipinski definition) is 0. The first-order valence-electron chi connectivity index (χ1n) is 29.0. The Labute approximate surface area is 485 Å². The number of nitrogens with zero attached hydrogens (tertiary/aromatic N) is 5. The minimum atomic E-state index is -0.122. The Morgan fingerprint density at radius 2 is 0.819 bits per heavy atom. The summed E-state index contributed by atoms with van der Waals surface area (Å²) in [7, 11) is 0. The van der Waals surface area contributed by atoms with E-state index in [0.29, 0.717) is 0 Å². The van der Waals surface area contributed by atoms with Crippen molar-refractivity contribution in [2.45, 2.75) is 12.8 Å². The van der Waals surface area contributed by atoms with Gasteiger partial charge in [0.05, 0.1) is 17.1 Å². The number of para-hydroxylation sites is 8. The number of rotatable bonds is 9. The first-order valence-corrected chi connectivity index (χ1v) is 29.0. The number of fused-ring (bicyclic) bond motifs is 9. The fourth-order valence-electron chi connectivity index (χ4n) is 14.4. The molecule has 0 atom stereocenters. The molecule has 0 saturated carbocycles. The van der Waals surface area contributed by atoms with E-state index in [1.165, 1.54) is 72.2 Å². The van der Waals surface area contributed by atoms with Crippen molar-refractivity contribution in [1.29, 1.82) is 0 Å². The lowest BCUT2D eigenvalue weighted by Crippen LogP contribution is -2.65. The maximum absolute atomic E-state index is 7.22. The van der Waals surface area contributed by atoms with E-state index in [2.05, 4.69) is 310 Å². The van der Waals surface area contributed by atoms with Crippen LogP contribution in [0.15, 0.2) is 285 Å². The van der Waals surface area contributed by atoms with Crippen LogP contribution in [-0.4, -0.2) is 20.0 Å². The van der Waals surface area contributed by atoms with Gasteiger partial charge in [-0.25, -0.2) is 0 Å². The molecule has 8 heteroatoms. The molecule has 83 heavy (non-hydrogen) atoms. The van der Waals surface area contributed by atoms with Crippen molar-refractivity contribution in [3.8, 4) is 22.6 Å². The third-order valence-electron chi connectivity index (χ3n) is 17.7. The molecule has 0 radical (unpaired) electrons. The van der Waals surface area contributed by atoms with Gasteiger partial charge in [-0.3, -0.25) is 0 Å². The summed E-state index contributed by atoms with van der Waals surface area (Å²) in [4.78, 5) is 12.7. The van der Waals surface area contributed by atoms with Gasteiger partial charge < -0.3 is 29.2 Å². The summed E-state index contributed by atoms with van der Waals surface area (Å²) in [6.45, 7) is 0.655. The van der Waals surface area contributed by atoms with Crippen LogP contribution in [0.25, 0.3) is 11.1 Å². The molecule has 0 bridgehead atoms. The van der Waals surface area contributed by atoms with Crippen molar-refractivity contribution in [3.05, 3.63) is 291 Å². The Morgan fingerprint density at radius 1 is 0.337 bits per heavy atom. The minimum Gasteiger partial charge on any atom is -0.458 e. The van der Waals surface area contributed by atoms with E-state index in [-0.39, 0.29) is 13.4 Å². The lowest BCUT2D eigenvalue weighted by molar-refractivity contribution is 0.487. The molecule has 5 aliphatic heterocycles. The summed E-state index contributed by atoms with van der Waals surface area (Å²) in [5.41, 5.74) is 27.4. The van der Waals surface area contributed by atoms with Gasteiger partial charge in [0, 0.05) is 80.7 Å². The molecular formula is C75H53B2N5O. The van der Waals surface area contributed by atoms with Gasteiger partial charge in [-0.05, 0) is 154 Å². The van der Waals surface area contributed by atoms with E-state index in [4.69, 9.17) is 4.74 Å². The lowest BCUT2D eigenvalue weighted by atomic mass is 9.30. The highest BCUT2D eigenvalue weighted by Crippen LogP contribution is 2.53. The van der Waals surface area contributed by atoms with Gasteiger partial charge in [0.25, 0.3) is 13.4 Å². The molecule has 0 fully saturated rings. The molecule has 0 spiro atoms. The van der Waals surface area contributed by atoms with E-state index in [1.807, 2.05) is 0 Å². The van der Waals surface area contributed by atoms with E-state index in [0.717, 1.165) is 87.8 Å². The maximum Gasteiger partial charge on any atom is 0.256 e. The Hall–Kier alpha value is -10.4. The van der Waals surface area contributed by atoms with Crippen LogP contribution >= 0.6 is 0 Å². The zero-order valence-corrected chi connectivity index (χ0v) is 45.6. The number of anilines is 14. The van der Waals surface area contributed by atoms with Crippen molar-refractivity contribution in [2.75, 3.05) is 31.0 Å². The summed E-state index contributed by atoms with van der Waals surface area (Å²) in [5.74, 6) is 1.80. The Kier molecular flexibility index (Phi) is 10.9. The molecule has 5 aliphatic rings. The van der Waals surface area contributed by atoms with Crippen LogP contribution in [0.2, 0.25) is 0 Å². The second kappa shape index (κ2) is 19.1.